The van der Waals surface area contributed by atoms with Crippen LogP contribution in [-0.4, -0.2) is 36.7 Å². The van der Waals surface area contributed by atoms with E-state index in [0.29, 0.717) is 18.7 Å². The Kier molecular flexibility index (Phi) is 3.99. The Labute approximate surface area is 157 Å². The largest absolute Gasteiger partial charge is 0.503 e. The lowest BCUT2D eigenvalue weighted by Crippen LogP contribution is -2.41. The van der Waals surface area contributed by atoms with E-state index in [1.165, 1.54) is 24.8 Å². The number of ether oxygens (including phenoxy) is 2. The van der Waals surface area contributed by atoms with Crippen LogP contribution in [0, 0.1) is 0 Å². The van der Waals surface area contributed by atoms with E-state index in [9.17, 15) is 9.90 Å². The molecule has 1 amide bonds. The van der Waals surface area contributed by atoms with Crippen LogP contribution in [0.25, 0.3) is 0 Å². The molecular formula is C20H20ClNO4. The quantitative estimate of drug-likeness (QED) is 0.890. The number of nitrogens with zero attached hydrogens (tertiary/aromatic N) is 1. The number of amides is 1. The number of rotatable bonds is 3. The second-order valence-electron chi connectivity index (χ2n) is 6.97. The predicted molar refractivity (Wildman–Crippen MR) is 98.3 cm³/mol. The molecule has 26 heavy (non-hydrogen) atoms. The average Bonchev–Trinajstić information content (AvgIpc) is 3.42. The first kappa shape index (κ1) is 17.0. The van der Waals surface area contributed by atoms with Gasteiger partial charge in [-0.2, -0.15) is 0 Å². The molecule has 0 saturated heterocycles. The fourth-order valence-electron chi connectivity index (χ4n) is 3.78. The molecule has 1 saturated carbocycles. The number of carbonyl (C=O) groups is 1. The van der Waals surface area contributed by atoms with Crippen LogP contribution >= 0.6 is 11.6 Å². The van der Waals surface area contributed by atoms with Crippen molar-refractivity contribution in [3.63, 3.8) is 0 Å². The van der Waals surface area contributed by atoms with Gasteiger partial charge in [0.1, 0.15) is 5.75 Å². The van der Waals surface area contributed by atoms with Crippen LogP contribution in [0.4, 0.5) is 0 Å². The molecule has 2 aliphatic rings. The Morgan fingerprint density at radius 1 is 1.19 bits per heavy atom. The number of phenolic OH excluding ortho intramolecular Hbond substituents is 1. The Hall–Kier alpha value is -2.40. The van der Waals surface area contributed by atoms with Gasteiger partial charge in [0.2, 0.25) is 0 Å². The van der Waals surface area contributed by atoms with Crippen LogP contribution in [0.1, 0.15) is 34.3 Å². The zero-order valence-corrected chi connectivity index (χ0v) is 15.5. The molecule has 2 aromatic rings. The normalized spacial score (nSPS) is 17.0. The van der Waals surface area contributed by atoms with E-state index in [-0.39, 0.29) is 27.8 Å². The van der Waals surface area contributed by atoms with Crippen molar-refractivity contribution in [3.05, 3.63) is 52.0 Å². The Morgan fingerprint density at radius 2 is 1.96 bits per heavy atom. The molecule has 0 unspecified atom stereocenters. The fraction of sp³-hybridized carbons (Fsp3) is 0.350. The van der Waals surface area contributed by atoms with E-state index in [2.05, 4.69) is 6.07 Å². The molecule has 2 aromatic carbocycles. The Bertz CT molecular complexity index is 892. The summed E-state index contributed by atoms with van der Waals surface area (Å²) in [6, 6.07) is 9.10. The third kappa shape index (κ3) is 2.67. The molecule has 6 heteroatoms. The molecule has 0 atom stereocenters. The van der Waals surface area contributed by atoms with Crippen LogP contribution in [0.3, 0.4) is 0 Å². The molecule has 0 radical (unpaired) electrons. The summed E-state index contributed by atoms with van der Waals surface area (Å²) in [7, 11) is 3.10. The van der Waals surface area contributed by atoms with Crippen molar-refractivity contribution in [2.24, 2.45) is 0 Å². The van der Waals surface area contributed by atoms with Crippen LogP contribution in [0.15, 0.2) is 30.3 Å². The van der Waals surface area contributed by atoms with Crippen molar-refractivity contribution in [2.45, 2.75) is 24.8 Å². The Morgan fingerprint density at radius 3 is 2.62 bits per heavy atom. The summed E-state index contributed by atoms with van der Waals surface area (Å²) in [5.41, 5.74) is 2.89. The molecule has 1 aliphatic heterocycles. The number of hydrogen-bond acceptors (Lipinski definition) is 4. The minimum atomic E-state index is -0.152. The van der Waals surface area contributed by atoms with Gasteiger partial charge in [-0.25, -0.2) is 0 Å². The second-order valence-corrected chi connectivity index (χ2v) is 7.38. The first-order valence-corrected chi connectivity index (χ1v) is 8.88. The maximum Gasteiger partial charge on any atom is 0.254 e. The number of carbonyl (C=O) groups excluding carboxylic acids is 1. The van der Waals surface area contributed by atoms with Gasteiger partial charge in [-0.3, -0.25) is 4.79 Å². The summed E-state index contributed by atoms with van der Waals surface area (Å²) in [4.78, 5) is 14.9. The molecule has 1 N–H and O–H groups in total. The van der Waals surface area contributed by atoms with Gasteiger partial charge in [0.15, 0.2) is 11.5 Å². The number of methoxy groups -OCH3 is 2. The molecule has 1 aliphatic carbocycles. The zero-order valence-electron chi connectivity index (χ0n) is 14.7. The molecule has 136 valence electrons. The van der Waals surface area contributed by atoms with Gasteiger partial charge in [-0.1, -0.05) is 17.7 Å². The van der Waals surface area contributed by atoms with Crippen molar-refractivity contribution in [1.82, 2.24) is 4.90 Å². The van der Waals surface area contributed by atoms with E-state index < -0.39 is 0 Å². The Balaban J connectivity index is 1.67. The maximum absolute atomic E-state index is 13.1. The van der Waals surface area contributed by atoms with Crippen LogP contribution in [0.5, 0.6) is 17.2 Å². The average molecular weight is 374 g/mol. The smallest absolute Gasteiger partial charge is 0.254 e. The molecule has 0 aromatic heterocycles. The van der Waals surface area contributed by atoms with Crippen molar-refractivity contribution in [3.8, 4) is 17.2 Å². The van der Waals surface area contributed by atoms with Crippen molar-refractivity contribution >= 4 is 17.5 Å². The van der Waals surface area contributed by atoms with Gasteiger partial charge in [-0.15, -0.1) is 0 Å². The van der Waals surface area contributed by atoms with Crippen molar-refractivity contribution in [2.75, 3.05) is 20.8 Å². The van der Waals surface area contributed by atoms with E-state index in [1.807, 2.05) is 17.0 Å². The van der Waals surface area contributed by atoms with Gasteiger partial charge in [-0.05, 0) is 48.2 Å². The van der Waals surface area contributed by atoms with Crippen LogP contribution in [-0.2, 0) is 12.0 Å². The highest BCUT2D eigenvalue weighted by molar-refractivity contribution is 6.32. The van der Waals surface area contributed by atoms with Crippen molar-refractivity contribution < 1.29 is 19.4 Å². The monoisotopic (exact) mass is 373 g/mol. The van der Waals surface area contributed by atoms with Crippen LogP contribution < -0.4 is 9.47 Å². The van der Waals surface area contributed by atoms with Crippen LogP contribution in [0.2, 0.25) is 5.02 Å². The number of fused-ring (bicyclic) bond motifs is 2. The van der Waals surface area contributed by atoms with Gasteiger partial charge in [0, 0.05) is 24.1 Å². The predicted octanol–water partition coefficient (Wildman–Crippen LogP) is 3.75. The highest BCUT2D eigenvalue weighted by atomic mass is 35.5. The van der Waals surface area contributed by atoms with Gasteiger partial charge >= 0.3 is 0 Å². The summed E-state index contributed by atoms with van der Waals surface area (Å²) >= 11 is 6.05. The number of aromatic hydroxyl groups is 1. The van der Waals surface area contributed by atoms with Crippen molar-refractivity contribution in [1.29, 1.82) is 0 Å². The standard InChI is InChI=1S/C20H20ClNO4/c1-25-14-4-3-12-10-22(11-20(5-6-20)15(12)9-14)19(24)13-7-16(21)18(23)17(8-13)26-2/h3-4,7-9,23H,5-6,10-11H2,1-2H3. The molecular weight excluding hydrogens is 354 g/mol. The third-order valence-corrected chi connectivity index (χ3v) is 5.67. The highest BCUT2D eigenvalue weighted by Crippen LogP contribution is 2.53. The SMILES string of the molecule is COc1ccc2c(c1)C1(CC1)CN(C(=O)c1cc(Cl)c(O)c(OC)c1)C2. The first-order valence-electron chi connectivity index (χ1n) is 8.50. The summed E-state index contributed by atoms with van der Waals surface area (Å²) in [5.74, 6) is 0.785. The molecule has 1 heterocycles. The molecule has 0 bridgehead atoms. The summed E-state index contributed by atoms with van der Waals surface area (Å²) < 4.78 is 10.5. The minimum absolute atomic E-state index is 0.0303. The summed E-state index contributed by atoms with van der Waals surface area (Å²) in [6.07, 6.45) is 2.13. The van der Waals surface area contributed by atoms with Gasteiger partial charge in [0.25, 0.3) is 5.91 Å². The number of benzene rings is 2. The fourth-order valence-corrected chi connectivity index (χ4v) is 3.99. The molecule has 5 nitrogen and oxygen atoms in total. The van der Waals surface area contributed by atoms with E-state index >= 15 is 0 Å². The lowest BCUT2D eigenvalue weighted by Gasteiger charge is -2.35. The first-order chi connectivity index (χ1) is 12.5. The zero-order chi connectivity index (χ0) is 18.5. The lowest BCUT2D eigenvalue weighted by molar-refractivity contribution is 0.0709. The number of halogens is 1. The summed E-state index contributed by atoms with van der Waals surface area (Å²) in [5, 5.41) is 10.0. The topological polar surface area (TPSA) is 59.0 Å². The molecule has 1 fully saturated rings. The van der Waals surface area contributed by atoms with Gasteiger partial charge < -0.3 is 19.5 Å². The van der Waals surface area contributed by atoms with Gasteiger partial charge in [0.05, 0.1) is 19.2 Å². The maximum atomic E-state index is 13.1. The summed E-state index contributed by atoms with van der Waals surface area (Å²) in [6.45, 7) is 1.22. The lowest BCUT2D eigenvalue weighted by atomic mass is 9.86. The molecule has 1 spiro atoms. The number of hydrogen-bond donors (Lipinski definition) is 1. The van der Waals surface area contributed by atoms with E-state index in [1.54, 1.807) is 7.11 Å². The second kappa shape index (κ2) is 6.09. The third-order valence-electron chi connectivity index (χ3n) is 5.38. The van der Waals surface area contributed by atoms with E-state index in [0.717, 1.165) is 24.2 Å². The highest BCUT2D eigenvalue weighted by Gasteiger charge is 2.50. The minimum Gasteiger partial charge on any atom is -0.503 e. The van der Waals surface area contributed by atoms with E-state index in [4.69, 9.17) is 21.1 Å². The molecule has 4 rings (SSSR count). The number of phenols is 1.